The van der Waals surface area contributed by atoms with Crippen LogP contribution in [0.2, 0.25) is 0 Å². The van der Waals surface area contributed by atoms with Crippen LogP contribution in [0.5, 0.6) is 28.9 Å². The Morgan fingerprint density at radius 1 is 0.833 bits per heavy atom. The zero-order valence-electron chi connectivity index (χ0n) is 20.1. The molecule has 4 rings (SSSR count). The van der Waals surface area contributed by atoms with Crippen LogP contribution in [0.4, 0.5) is 0 Å². The van der Waals surface area contributed by atoms with Gasteiger partial charge in [0, 0.05) is 18.7 Å². The number of fused-ring (bicyclic) bond motifs is 1. The highest BCUT2D eigenvalue weighted by atomic mass is 32.2. The molecule has 2 heterocycles. The maximum Gasteiger partial charge on any atom is 0.244 e. The van der Waals surface area contributed by atoms with Crippen LogP contribution in [-0.2, 0) is 10.0 Å². The maximum atomic E-state index is 12.8. The Morgan fingerprint density at radius 3 is 2.22 bits per heavy atom. The van der Waals surface area contributed by atoms with Crippen molar-refractivity contribution in [2.45, 2.75) is 4.90 Å². The molecule has 13 heteroatoms. The van der Waals surface area contributed by atoms with Crippen molar-refractivity contribution >= 4 is 15.7 Å². The van der Waals surface area contributed by atoms with Gasteiger partial charge < -0.3 is 23.7 Å². The zero-order valence-corrected chi connectivity index (χ0v) is 20.9. The summed E-state index contributed by atoms with van der Waals surface area (Å²) in [6, 6.07) is 13.1. The second-order valence-corrected chi connectivity index (χ2v) is 9.03. The van der Waals surface area contributed by atoms with E-state index in [1.165, 1.54) is 30.9 Å². The quantitative estimate of drug-likeness (QED) is 0.296. The van der Waals surface area contributed by atoms with E-state index >= 15 is 0 Å². The first-order valence-corrected chi connectivity index (χ1v) is 12.2. The van der Waals surface area contributed by atoms with Crippen LogP contribution < -0.4 is 28.4 Å². The summed E-state index contributed by atoms with van der Waals surface area (Å²) in [4.78, 5) is -0.0368. The summed E-state index contributed by atoms with van der Waals surface area (Å²) < 4.78 is 56.3. The van der Waals surface area contributed by atoms with Crippen LogP contribution in [0.3, 0.4) is 0 Å². The lowest BCUT2D eigenvalue weighted by Crippen LogP contribution is -2.28. The van der Waals surface area contributed by atoms with Crippen LogP contribution in [0, 0.1) is 0 Å². The first kappa shape index (κ1) is 25.0. The van der Waals surface area contributed by atoms with Gasteiger partial charge in [-0.25, -0.2) is 13.1 Å². The summed E-state index contributed by atoms with van der Waals surface area (Å²) in [6.45, 7) is 0.00508. The van der Waals surface area contributed by atoms with Gasteiger partial charge in [0.15, 0.2) is 11.5 Å². The lowest BCUT2D eigenvalue weighted by Gasteiger charge is -2.12. The Hall–Kier alpha value is -4.10. The van der Waals surface area contributed by atoms with Crippen molar-refractivity contribution in [2.24, 2.45) is 0 Å². The van der Waals surface area contributed by atoms with Gasteiger partial charge >= 0.3 is 0 Å². The molecule has 0 fully saturated rings. The van der Waals surface area contributed by atoms with Crippen LogP contribution in [0.25, 0.3) is 17.0 Å². The zero-order chi connectivity index (χ0) is 25.7. The summed E-state index contributed by atoms with van der Waals surface area (Å²) in [5.74, 6) is 2.46. The summed E-state index contributed by atoms with van der Waals surface area (Å²) >= 11 is 0. The molecular weight excluding hydrogens is 490 g/mol. The first-order chi connectivity index (χ1) is 17.4. The second kappa shape index (κ2) is 10.7. The summed E-state index contributed by atoms with van der Waals surface area (Å²) in [5, 5.41) is 12.8. The van der Waals surface area contributed by atoms with Crippen molar-refractivity contribution in [3.05, 3.63) is 48.5 Å². The SMILES string of the molecule is COc1ccc(OC)c(-c2nnc3ccc(OCCNS(=O)(=O)c4cc(OC)ccc4OC)nn23)c1. The number of aromatic nitrogens is 4. The molecule has 0 saturated carbocycles. The average molecular weight is 516 g/mol. The van der Waals surface area contributed by atoms with Crippen LogP contribution in [0.15, 0.2) is 53.4 Å². The number of sulfonamides is 1. The van der Waals surface area contributed by atoms with E-state index in [4.69, 9.17) is 23.7 Å². The molecule has 2 aromatic heterocycles. The molecule has 0 aliphatic rings. The van der Waals surface area contributed by atoms with Crippen molar-refractivity contribution in [3.63, 3.8) is 0 Å². The van der Waals surface area contributed by atoms with Gasteiger partial charge in [-0.3, -0.25) is 0 Å². The standard InChI is InChI=1S/C23H25N5O7S/c1-31-15-5-7-18(33-3)17(13-15)23-26-25-21-9-10-22(27-28(21)23)35-12-11-24-36(29,30)20-14-16(32-2)6-8-19(20)34-4/h5-10,13-14,24H,11-12H2,1-4H3. The predicted molar refractivity (Wildman–Crippen MR) is 130 cm³/mol. The van der Waals surface area contributed by atoms with Gasteiger partial charge in [0.2, 0.25) is 15.9 Å². The predicted octanol–water partition coefficient (Wildman–Crippen LogP) is 2.18. The van der Waals surface area contributed by atoms with Crippen LogP contribution in [-0.4, -0.2) is 69.8 Å². The van der Waals surface area contributed by atoms with E-state index in [1.807, 2.05) is 0 Å². The number of methoxy groups -OCH3 is 4. The summed E-state index contributed by atoms with van der Waals surface area (Å²) in [5.41, 5.74) is 1.13. The molecule has 4 aromatic rings. The molecule has 0 saturated heterocycles. The van der Waals surface area contributed by atoms with Gasteiger partial charge in [0.25, 0.3) is 0 Å². The second-order valence-electron chi connectivity index (χ2n) is 7.29. The Labute approximate surface area is 207 Å². The van der Waals surface area contributed by atoms with Gasteiger partial charge in [-0.15, -0.1) is 15.3 Å². The maximum absolute atomic E-state index is 12.8. The van der Waals surface area contributed by atoms with Crippen molar-refractivity contribution < 1.29 is 32.1 Å². The number of hydrogen-bond acceptors (Lipinski definition) is 10. The Morgan fingerprint density at radius 2 is 1.53 bits per heavy atom. The topological polar surface area (TPSA) is 135 Å². The number of benzene rings is 2. The van der Waals surface area contributed by atoms with E-state index in [-0.39, 0.29) is 29.7 Å². The Kier molecular flexibility index (Phi) is 7.41. The van der Waals surface area contributed by atoms with Crippen molar-refractivity contribution in [2.75, 3.05) is 41.6 Å². The molecule has 0 aliphatic carbocycles. The van der Waals surface area contributed by atoms with Gasteiger partial charge in [0.1, 0.15) is 34.5 Å². The number of nitrogens with one attached hydrogen (secondary N) is 1. The molecule has 0 amide bonds. The number of ether oxygens (including phenoxy) is 5. The van der Waals surface area contributed by atoms with Crippen molar-refractivity contribution in [1.29, 1.82) is 0 Å². The van der Waals surface area contributed by atoms with E-state index < -0.39 is 10.0 Å². The first-order valence-electron chi connectivity index (χ1n) is 10.7. The minimum Gasteiger partial charge on any atom is -0.497 e. The molecule has 12 nitrogen and oxygen atoms in total. The molecule has 0 atom stereocenters. The Bertz CT molecular complexity index is 1470. The Balaban J connectivity index is 1.49. The molecule has 0 radical (unpaired) electrons. The highest BCUT2D eigenvalue weighted by Gasteiger charge is 2.20. The molecular formula is C23H25N5O7S. The lowest BCUT2D eigenvalue weighted by molar-refractivity contribution is 0.305. The van der Waals surface area contributed by atoms with Crippen LogP contribution >= 0.6 is 0 Å². The van der Waals surface area contributed by atoms with Gasteiger partial charge in [-0.1, -0.05) is 0 Å². The smallest absolute Gasteiger partial charge is 0.244 e. The lowest BCUT2D eigenvalue weighted by atomic mass is 10.2. The van der Waals surface area contributed by atoms with E-state index in [1.54, 1.807) is 50.6 Å². The fourth-order valence-electron chi connectivity index (χ4n) is 3.41. The highest BCUT2D eigenvalue weighted by molar-refractivity contribution is 7.89. The molecule has 0 aliphatic heterocycles. The highest BCUT2D eigenvalue weighted by Crippen LogP contribution is 2.32. The molecule has 36 heavy (non-hydrogen) atoms. The van der Waals surface area contributed by atoms with Gasteiger partial charge in [-0.2, -0.15) is 4.52 Å². The van der Waals surface area contributed by atoms with E-state index in [0.29, 0.717) is 34.3 Å². The minimum atomic E-state index is -3.88. The van der Waals surface area contributed by atoms with E-state index in [2.05, 4.69) is 20.0 Å². The van der Waals surface area contributed by atoms with Crippen LogP contribution in [0.1, 0.15) is 0 Å². The molecule has 0 spiro atoms. The van der Waals surface area contributed by atoms with Crippen molar-refractivity contribution in [1.82, 2.24) is 24.5 Å². The third kappa shape index (κ3) is 5.11. The molecule has 0 bridgehead atoms. The minimum absolute atomic E-state index is 0.0127. The average Bonchev–Trinajstić information content (AvgIpc) is 3.33. The normalized spacial score (nSPS) is 11.3. The van der Waals surface area contributed by atoms with Gasteiger partial charge in [-0.05, 0) is 36.4 Å². The van der Waals surface area contributed by atoms with E-state index in [0.717, 1.165) is 0 Å². The summed E-state index contributed by atoms with van der Waals surface area (Å²) in [6.07, 6.45) is 0. The molecule has 0 unspecified atom stereocenters. The number of hydrogen-bond donors (Lipinski definition) is 1. The molecule has 2 aromatic carbocycles. The molecule has 190 valence electrons. The largest absolute Gasteiger partial charge is 0.497 e. The summed E-state index contributed by atoms with van der Waals surface area (Å²) in [7, 11) is 2.09. The van der Waals surface area contributed by atoms with Gasteiger partial charge in [0.05, 0.1) is 34.0 Å². The fourth-order valence-corrected chi connectivity index (χ4v) is 4.60. The monoisotopic (exact) mass is 515 g/mol. The van der Waals surface area contributed by atoms with E-state index in [9.17, 15) is 8.42 Å². The fraction of sp³-hybridized carbons (Fsp3) is 0.261. The third-order valence-electron chi connectivity index (χ3n) is 5.19. The third-order valence-corrected chi connectivity index (χ3v) is 6.67. The molecule has 1 N–H and O–H groups in total. The number of nitrogens with zero attached hydrogens (tertiary/aromatic N) is 4. The van der Waals surface area contributed by atoms with Crippen molar-refractivity contribution in [3.8, 4) is 40.3 Å². The number of rotatable bonds is 11.